The highest BCUT2D eigenvalue weighted by atomic mass is 28.4. The van der Waals surface area contributed by atoms with Crippen LogP contribution in [0, 0.1) is 0 Å². The second kappa shape index (κ2) is 7.00. The average Bonchev–Trinajstić information content (AvgIpc) is 2.43. The molecule has 0 aliphatic rings. The normalized spacial score (nSPS) is 12.3. The van der Waals surface area contributed by atoms with Crippen molar-refractivity contribution >= 4 is 20.4 Å². The fourth-order valence-corrected chi connectivity index (χ4v) is 2.44. The highest BCUT2D eigenvalue weighted by Crippen LogP contribution is 2.36. The average molecular weight is 322 g/mol. The van der Waals surface area contributed by atoms with Crippen molar-refractivity contribution in [2.45, 2.75) is 38.9 Å². The fraction of sp³-hybridized carbons (Fsp3) is 0.471. The first-order valence-corrected chi connectivity index (χ1v) is 10.1. The minimum atomic E-state index is -2.10. The predicted octanol–water partition coefficient (Wildman–Crippen LogP) is 4.27. The third-order valence-electron chi connectivity index (χ3n) is 4.00. The molecule has 0 saturated heterocycles. The van der Waals surface area contributed by atoms with E-state index in [4.69, 9.17) is 13.9 Å². The molecular formula is C17H26O4Si. The zero-order valence-electron chi connectivity index (χ0n) is 14.5. The summed E-state index contributed by atoms with van der Waals surface area (Å²) in [5.41, 5.74) is 0.772. The van der Waals surface area contributed by atoms with Gasteiger partial charge in [-0.3, -0.25) is 0 Å². The summed E-state index contributed by atoms with van der Waals surface area (Å²) in [6.45, 7) is 10.4. The van der Waals surface area contributed by atoms with Gasteiger partial charge in [-0.05, 0) is 42.4 Å². The van der Waals surface area contributed by atoms with E-state index in [0.29, 0.717) is 11.5 Å². The van der Waals surface area contributed by atoms with Crippen LogP contribution < -0.4 is 9.47 Å². The van der Waals surface area contributed by atoms with E-state index in [9.17, 15) is 4.79 Å². The molecule has 0 heterocycles. The van der Waals surface area contributed by atoms with Crippen LogP contribution in [0.4, 0.5) is 0 Å². The molecule has 1 rings (SSSR count). The Kier molecular flexibility index (Phi) is 5.83. The number of methoxy groups -OCH3 is 2. The van der Waals surface area contributed by atoms with Crippen molar-refractivity contribution in [2.75, 3.05) is 14.2 Å². The molecule has 0 atom stereocenters. The van der Waals surface area contributed by atoms with Crippen molar-refractivity contribution in [2.24, 2.45) is 0 Å². The van der Waals surface area contributed by atoms with E-state index in [1.54, 1.807) is 26.4 Å². The number of benzene rings is 1. The smallest absolute Gasteiger partial charge is 0.317 e. The van der Waals surface area contributed by atoms with Crippen LogP contribution in [0.2, 0.25) is 18.1 Å². The molecule has 0 N–H and O–H groups in total. The minimum absolute atomic E-state index is 0.00976. The Morgan fingerprint density at radius 3 is 2.27 bits per heavy atom. The largest absolute Gasteiger partial charge is 0.516 e. The number of ether oxygens (including phenoxy) is 2. The van der Waals surface area contributed by atoms with Crippen molar-refractivity contribution < 1.29 is 18.7 Å². The molecule has 0 radical (unpaired) electrons. The Balaban J connectivity index is 2.91. The Morgan fingerprint density at radius 2 is 1.77 bits per heavy atom. The summed E-state index contributed by atoms with van der Waals surface area (Å²) in [6, 6.07) is 5.43. The molecule has 0 aromatic heterocycles. The minimum Gasteiger partial charge on any atom is -0.516 e. The van der Waals surface area contributed by atoms with Gasteiger partial charge in [-0.1, -0.05) is 20.8 Å². The maximum atomic E-state index is 12.1. The van der Waals surface area contributed by atoms with Gasteiger partial charge < -0.3 is 13.9 Å². The van der Waals surface area contributed by atoms with Gasteiger partial charge in [-0.25, -0.2) is 4.79 Å². The molecule has 0 fully saturated rings. The summed E-state index contributed by atoms with van der Waals surface area (Å²) in [5, 5.41) is -0.00976. The summed E-state index contributed by atoms with van der Waals surface area (Å²) in [7, 11) is 1.09. The first kappa shape index (κ1) is 18.3. The van der Waals surface area contributed by atoms with E-state index < -0.39 is 8.32 Å². The lowest BCUT2D eigenvalue weighted by molar-refractivity contribution is -0.129. The summed E-state index contributed by atoms with van der Waals surface area (Å²) in [4.78, 5) is 12.1. The Labute approximate surface area is 134 Å². The zero-order valence-corrected chi connectivity index (χ0v) is 15.5. The zero-order chi connectivity index (χ0) is 17.0. The molecular weight excluding hydrogens is 296 g/mol. The summed E-state index contributed by atoms with van der Waals surface area (Å²) in [6.07, 6.45) is 3.13. The number of carbonyl (C=O) groups excluding carboxylic acids is 1. The molecule has 22 heavy (non-hydrogen) atoms. The molecule has 122 valence electrons. The van der Waals surface area contributed by atoms with Crippen molar-refractivity contribution in [3.8, 4) is 11.5 Å². The third-order valence-corrected chi connectivity index (χ3v) is 8.32. The SMILES string of the molecule is COc1ccc(OC)c(/C=C/C(=O)O[Si](C)(C)C(C)(C)C)c1. The monoisotopic (exact) mass is 322 g/mol. The van der Waals surface area contributed by atoms with Gasteiger partial charge in [0, 0.05) is 11.6 Å². The van der Waals surface area contributed by atoms with Crippen molar-refractivity contribution in [1.29, 1.82) is 0 Å². The van der Waals surface area contributed by atoms with Crippen LogP contribution in [0.1, 0.15) is 26.3 Å². The number of rotatable bonds is 5. The molecule has 0 unspecified atom stereocenters. The van der Waals surface area contributed by atoms with E-state index >= 15 is 0 Å². The van der Waals surface area contributed by atoms with Crippen LogP contribution >= 0.6 is 0 Å². The van der Waals surface area contributed by atoms with Crippen molar-refractivity contribution in [3.63, 3.8) is 0 Å². The lowest BCUT2D eigenvalue weighted by Gasteiger charge is -2.34. The standard InChI is InChI=1S/C17H26O4Si/c1-17(2,3)22(6,7)21-16(18)11-8-13-12-14(19-4)9-10-15(13)20-5/h8-12H,1-7H3/b11-8+. The van der Waals surface area contributed by atoms with E-state index in [0.717, 1.165) is 5.56 Å². The lowest BCUT2D eigenvalue weighted by atomic mass is 10.1. The molecule has 0 bridgehead atoms. The van der Waals surface area contributed by atoms with E-state index in [1.165, 1.54) is 6.08 Å². The van der Waals surface area contributed by atoms with Gasteiger partial charge in [0.25, 0.3) is 8.32 Å². The van der Waals surface area contributed by atoms with Gasteiger partial charge in [0.2, 0.25) is 0 Å². The van der Waals surface area contributed by atoms with Crippen LogP contribution in [0.3, 0.4) is 0 Å². The Morgan fingerprint density at radius 1 is 1.14 bits per heavy atom. The molecule has 0 spiro atoms. The van der Waals surface area contributed by atoms with Crippen LogP contribution in [0.5, 0.6) is 11.5 Å². The molecule has 1 aromatic rings. The second-order valence-corrected chi connectivity index (χ2v) is 11.3. The van der Waals surface area contributed by atoms with Gasteiger partial charge in [0.15, 0.2) is 0 Å². The second-order valence-electron chi connectivity index (χ2n) is 6.62. The lowest BCUT2D eigenvalue weighted by Crippen LogP contribution is -2.42. The Bertz CT molecular complexity index is 556. The van der Waals surface area contributed by atoms with Gasteiger partial charge in [-0.15, -0.1) is 0 Å². The molecule has 0 aliphatic heterocycles. The summed E-state index contributed by atoms with van der Waals surface area (Å²) < 4.78 is 16.2. The maximum Gasteiger partial charge on any atom is 0.317 e. The van der Waals surface area contributed by atoms with Crippen LogP contribution in [-0.4, -0.2) is 28.5 Å². The molecule has 0 aliphatic carbocycles. The molecule has 0 amide bonds. The van der Waals surface area contributed by atoms with Crippen molar-refractivity contribution in [1.82, 2.24) is 0 Å². The van der Waals surface area contributed by atoms with Crippen LogP contribution in [0.15, 0.2) is 24.3 Å². The van der Waals surface area contributed by atoms with Gasteiger partial charge in [0.05, 0.1) is 14.2 Å². The first-order valence-electron chi connectivity index (χ1n) is 7.24. The fourth-order valence-electron chi connectivity index (χ4n) is 1.57. The van der Waals surface area contributed by atoms with Gasteiger partial charge in [-0.2, -0.15) is 0 Å². The molecule has 1 aromatic carbocycles. The van der Waals surface area contributed by atoms with Crippen molar-refractivity contribution in [3.05, 3.63) is 29.8 Å². The number of hydrogen-bond donors (Lipinski definition) is 0. The highest BCUT2D eigenvalue weighted by molar-refractivity contribution is 6.75. The van der Waals surface area contributed by atoms with E-state index in [1.807, 2.05) is 25.2 Å². The quantitative estimate of drug-likeness (QED) is 0.600. The molecule has 0 saturated carbocycles. The van der Waals surface area contributed by atoms with Gasteiger partial charge >= 0.3 is 5.97 Å². The third kappa shape index (κ3) is 4.63. The van der Waals surface area contributed by atoms with Gasteiger partial charge in [0.1, 0.15) is 11.5 Å². The van der Waals surface area contributed by atoms with E-state index in [-0.39, 0.29) is 11.0 Å². The summed E-state index contributed by atoms with van der Waals surface area (Å²) >= 11 is 0. The topological polar surface area (TPSA) is 44.8 Å². The van der Waals surface area contributed by atoms with Crippen LogP contribution in [0.25, 0.3) is 6.08 Å². The van der Waals surface area contributed by atoms with Crippen LogP contribution in [-0.2, 0) is 9.22 Å². The Hall–Kier alpha value is -1.75. The first-order chi connectivity index (χ1) is 10.1. The molecule has 5 heteroatoms. The highest BCUT2D eigenvalue weighted by Gasteiger charge is 2.39. The maximum absolute atomic E-state index is 12.1. The predicted molar refractivity (Wildman–Crippen MR) is 91.9 cm³/mol. The number of hydrogen-bond acceptors (Lipinski definition) is 4. The molecule has 4 nitrogen and oxygen atoms in total. The van der Waals surface area contributed by atoms with E-state index in [2.05, 4.69) is 20.8 Å². The number of carbonyl (C=O) groups is 1. The summed E-state index contributed by atoms with van der Waals surface area (Å²) in [5.74, 6) is 1.06.